The van der Waals surface area contributed by atoms with Crippen LogP contribution in [0, 0.1) is 0 Å². The number of alkyl halides is 2. The summed E-state index contributed by atoms with van der Waals surface area (Å²) >= 11 is 0. The predicted molar refractivity (Wildman–Crippen MR) is 127 cm³/mol. The Hall–Kier alpha value is -3.18. The molecule has 1 N–H and O–H groups in total. The predicted octanol–water partition coefficient (Wildman–Crippen LogP) is 4.44. The van der Waals surface area contributed by atoms with Crippen LogP contribution in [0.15, 0.2) is 59.8 Å². The maximum absolute atomic E-state index is 13.2. The second-order valence-corrected chi connectivity index (χ2v) is 10.6. The van der Waals surface area contributed by atoms with Gasteiger partial charge in [-0.25, -0.2) is 17.2 Å². The first-order valence-corrected chi connectivity index (χ1v) is 12.6. The fraction of sp³-hybridized carbons (Fsp3) is 0.375. The van der Waals surface area contributed by atoms with E-state index >= 15 is 0 Å². The molecule has 3 aromatic rings. The van der Waals surface area contributed by atoms with E-state index in [4.69, 9.17) is 4.74 Å². The monoisotopic (exact) mass is 504 g/mol. The van der Waals surface area contributed by atoms with Gasteiger partial charge in [-0.3, -0.25) is 19.5 Å². The number of ether oxygens (including phenoxy) is 1. The molecule has 35 heavy (non-hydrogen) atoms. The number of nitrogens with one attached hydrogen (secondary N) is 1. The van der Waals surface area contributed by atoms with Crippen molar-refractivity contribution in [3.05, 3.63) is 60.4 Å². The van der Waals surface area contributed by atoms with Gasteiger partial charge in [-0.2, -0.15) is 0 Å². The van der Waals surface area contributed by atoms with Crippen molar-refractivity contribution in [1.29, 1.82) is 0 Å². The number of sulfonamides is 1. The van der Waals surface area contributed by atoms with Gasteiger partial charge >= 0.3 is 0 Å². The SMILES string of the molecule is CC(F)(F)CCC1(C)CCN(C(=O)c2ccc(NS(=O)(=O)c3cccc4nccnc34)cc2)CO1. The quantitative estimate of drug-likeness (QED) is 0.510. The lowest BCUT2D eigenvalue weighted by Crippen LogP contribution is -2.47. The minimum atomic E-state index is -3.94. The van der Waals surface area contributed by atoms with Gasteiger partial charge < -0.3 is 9.64 Å². The molecule has 186 valence electrons. The van der Waals surface area contributed by atoms with Crippen LogP contribution in [-0.4, -0.2) is 54.0 Å². The van der Waals surface area contributed by atoms with Gasteiger partial charge in [-0.1, -0.05) is 6.07 Å². The minimum absolute atomic E-state index is 0.00111. The molecule has 0 saturated carbocycles. The number of benzene rings is 2. The van der Waals surface area contributed by atoms with Crippen molar-refractivity contribution in [2.45, 2.75) is 49.5 Å². The second kappa shape index (κ2) is 9.46. The summed E-state index contributed by atoms with van der Waals surface area (Å²) in [5.41, 5.74) is 0.653. The number of amides is 1. The molecule has 1 aliphatic rings. The maximum atomic E-state index is 13.2. The van der Waals surface area contributed by atoms with E-state index in [9.17, 15) is 22.0 Å². The van der Waals surface area contributed by atoms with Gasteiger partial charge in [0, 0.05) is 36.6 Å². The van der Waals surface area contributed by atoms with Gasteiger partial charge in [-0.05, 0) is 63.1 Å². The third kappa shape index (κ3) is 5.91. The first-order valence-electron chi connectivity index (χ1n) is 11.1. The molecule has 8 nitrogen and oxygen atoms in total. The molecule has 2 heterocycles. The zero-order chi connectivity index (χ0) is 25.3. The standard InChI is InChI=1S/C24H26F2N4O4S/c1-23(10-11-24(2,25)26)12-15-30(16-34-23)22(31)17-6-8-18(9-7-17)29-35(32,33)20-5-3-4-19-21(20)28-14-13-27-19/h3-9,13-14,29H,10-12,15-16H2,1-2H3. The third-order valence-electron chi connectivity index (χ3n) is 5.99. The smallest absolute Gasteiger partial charge is 0.264 e. The maximum Gasteiger partial charge on any atom is 0.264 e. The van der Waals surface area contributed by atoms with Crippen LogP contribution in [0.3, 0.4) is 0 Å². The fourth-order valence-electron chi connectivity index (χ4n) is 3.84. The Morgan fingerprint density at radius 2 is 1.89 bits per heavy atom. The van der Waals surface area contributed by atoms with Crippen LogP contribution in [-0.2, 0) is 14.8 Å². The van der Waals surface area contributed by atoms with E-state index in [1.54, 1.807) is 19.1 Å². The molecular weight excluding hydrogens is 478 g/mol. The van der Waals surface area contributed by atoms with E-state index in [1.807, 2.05) is 0 Å². The Morgan fingerprint density at radius 1 is 1.17 bits per heavy atom. The summed E-state index contributed by atoms with van der Waals surface area (Å²) in [4.78, 5) is 22.6. The van der Waals surface area contributed by atoms with Crippen molar-refractivity contribution in [2.75, 3.05) is 18.0 Å². The highest BCUT2D eigenvalue weighted by Gasteiger charge is 2.35. The molecule has 1 aliphatic heterocycles. The third-order valence-corrected chi connectivity index (χ3v) is 7.41. The molecular formula is C24H26F2N4O4S. The Bertz CT molecular complexity index is 1310. The molecule has 0 aliphatic carbocycles. The molecule has 4 rings (SSSR count). The van der Waals surface area contributed by atoms with E-state index in [1.165, 1.54) is 47.6 Å². The van der Waals surface area contributed by atoms with Gasteiger partial charge in [0.15, 0.2) is 0 Å². The second-order valence-electron chi connectivity index (χ2n) is 8.98. The van der Waals surface area contributed by atoms with Crippen LogP contribution in [0.4, 0.5) is 14.5 Å². The number of para-hydroxylation sites is 1. The minimum Gasteiger partial charge on any atom is -0.355 e. The van der Waals surface area contributed by atoms with Crippen LogP contribution in [0.2, 0.25) is 0 Å². The summed E-state index contributed by atoms with van der Waals surface area (Å²) in [5.74, 6) is -3.05. The van der Waals surface area contributed by atoms with Gasteiger partial charge in [0.1, 0.15) is 17.1 Å². The fourth-order valence-corrected chi connectivity index (χ4v) is 5.07. The molecule has 11 heteroatoms. The van der Waals surface area contributed by atoms with Crippen molar-refractivity contribution in [1.82, 2.24) is 14.9 Å². The summed E-state index contributed by atoms with van der Waals surface area (Å²) < 4.78 is 60.6. The summed E-state index contributed by atoms with van der Waals surface area (Å²) in [5, 5.41) is 0. The number of aromatic nitrogens is 2. The summed E-state index contributed by atoms with van der Waals surface area (Å²) in [6, 6.07) is 10.8. The van der Waals surface area contributed by atoms with Crippen molar-refractivity contribution < 1.29 is 26.7 Å². The number of fused-ring (bicyclic) bond motifs is 1. The first kappa shape index (κ1) is 24.9. The lowest BCUT2D eigenvalue weighted by molar-refractivity contribution is -0.129. The van der Waals surface area contributed by atoms with Crippen molar-refractivity contribution in [2.24, 2.45) is 0 Å². The Labute approximate surface area is 202 Å². The van der Waals surface area contributed by atoms with Crippen LogP contribution >= 0.6 is 0 Å². The summed E-state index contributed by atoms with van der Waals surface area (Å²) in [6.45, 7) is 3.04. The molecule has 1 unspecified atom stereocenters. The molecule has 2 aromatic carbocycles. The largest absolute Gasteiger partial charge is 0.355 e. The molecule has 1 aromatic heterocycles. The number of carbonyl (C=O) groups is 1. The average molecular weight is 505 g/mol. The lowest BCUT2D eigenvalue weighted by atomic mass is 9.93. The van der Waals surface area contributed by atoms with Crippen LogP contribution < -0.4 is 4.72 Å². The van der Waals surface area contributed by atoms with Crippen molar-refractivity contribution in [3.8, 4) is 0 Å². The number of hydrogen-bond acceptors (Lipinski definition) is 6. The highest BCUT2D eigenvalue weighted by molar-refractivity contribution is 7.93. The number of nitrogens with zero attached hydrogens (tertiary/aromatic N) is 3. The van der Waals surface area contributed by atoms with E-state index in [-0.39, 0.29) is 41.6 Å². The Morgan fingerprint density at radius 3 is 2.54 bits per heavy atom. The van der Waals surface area contributed by atoms with Crippen LogP contribution in [0.25, 0.3) is 11.0 Å². The highest BCUT2D eigenvalue weighted by Crippen LogP contribution is 2.32. The highest BCUT2D eigenvalue weighted by atomic mass is 32.2. The normalized spacial score (nSPS) is 19.0. The number of rotatable bonds is 7. The summed E-state index contributed by atoms with van der Waals surface area (Å²) in [6.07, 6.45) is 3.28. The van der Waals surface area contributed by atoms with Crippen LogP contribution in [0.5, 0.6) is 0 Å². The molecule has 1 saturated heterocycles. The van der Waals surface area contributed by atoms with E-state index in [0.29, 0.717) is 24.0 Å². The van der Waals surface area contributed by atoms with Gasteiger partial charge in [0.2, 0.25) is 5.92 Å². The number of hydrogen-bond donors (Lipinski definition) is 1. The van der Waals surface area contributed by atoms with Crippen molar-refractivity contribution >= 4 is 32.7 Å². The molecule has 1 atom stereocenters. The molecule has 1 amide bonds. The zero-order valence-electron chi connectivity index (χ0n) is 19.4. The Balaban J connectivity index is 1.41. The topological polar surface area (TPSA) is 101 Å². The molecule has 0 spiro atoms. The molecule has 0 bridgehead atoms. The number of halogens is 2. The van der Waals surface area contributed by atoms with Crippen molar-refractivity contribution in [3.63, 3.8) is 0 Å². The van der Waals surface area contributed by atoms with E-state index < -0.39 is 21.5 Å². The van der Waals surface area contributed by atoms with E-state index in [2.05, 4.69) is 14.7 Å². The van der Waals surface area contributed by atoms with Gasteiger partial charge in [0.25, 0.3) is 15.9 Å². The van der Waals surface area contributed by atoms with Crippen LogP contribution in [0.1, 0.15) is 43.5 Å². The van der Waals surface area contributed by atoms with E-state index in [0.717, 1.165) is 6.92 Å². The van der Waals surface area contributed by atoms with Gasteiger partial charge in [0.05, 0.1) is 11.1 Å². The first-order chi connectivity index (χ1) is 16.5. The Kier molecular flexibility index (Phi) is 6.74. The molecule has 0 radical (unpaired) electrons. The number of carbonyl (C=O) groups excluding carboxylic acids is 1. The molecule has 1 fully saturated rings. The zero-order valence-corrected chi connectivity index (χ0v) is 20.2. The summed E-state index contributed by atoms with van der Waals surface area (Å²) in [7, 11) is -3.94. The number of anilines is 1. The lowest BCUT2D eigenvalue weighted by Gasteiger charge is -2.40. The van der Waals surface area contributed by atoms with Gasteiger partial charge in [-0.15, -0.1) is 0 Å². The average Bonchev–Trinajstić information content (AvgIpc) is 2.82.